The SMILES string of the molecule is Oc1ccc2c(c1O)C(=Cc1ccncc1)c1ccccc1-2. The van der Waals surface area contributed by atoms with Crippen LogP contribution in [0.15, 0.2) is 60.9 Å². The van der Waals surface area contributed by atoms with E-state index >= 15 is 0 Å². The van der Waals surface area contributed by atoms with Gasteiger partial charge in [0.2, 0.25) is 0 Å². The summed E-state index contributed by atoms with van der Waals surface area (Å²) in [5.74, 6) is -0.179. The van der Waals surface area contributed by atoms with Crippen molar-refractivity contribution < 1.29 is 10.2 Å². The van der Waals surface area contributed by atoms with Gasteiger partial charge in [0.15, 0.2) is 11.5 Å². The van der Waals surface area contributed by atoms with Gasteiger partial charge in [0.05, 0.1) is 0 Å². The third kappa shape index (κ3) is 1.79. The van der Waals surface area contributed by atoms with Crippen LogP contribution in [0.1, 0.15) is 16.7 Å². The number of rotatable bonds is 1. The largest absolute Gasteiger partial charge is 0.504 e. The van der Waals surface area contributed by atoms with Crippen molar-refractivity contribution in [2.75, 3.05) is 0 Å². The van der Waals surface area contributed by atoms with Crippen molar-refractivity contribution in [1.29, 1.82) is 0 Å². The lowest BCUT2D eigenvalue weighted by Gasteiger charge is -2.07. The molecule has 0 bridgehead atoms. The molecule has 0 spiro atoms. The Bertz CT molecular complexity index is 899. The summed E-state index contributed by atoms with van der Waals surface area (Å²) in [4.78, 5) is 4.02. The highest BCUT2D eigenvalue weighted by molar-refractivity contribution is 6.08. The molecule has 3 nitrogen and oxygen atoms in total. The summed E-state index contributed by atoms with van der Waals surface area (Å²) in [5, 5.41) is 20.2. The normalized spacial score (nSPS) is 13.9. The highest BCUT2D eigenvalue weighted by atomic mass is 16.3. The maximum Gasteiger partial charge on any atom is 0.166 e. The lowest BCUT2D eigenvalue weighted by molar-refractivity contribution is 0.403. The third-order valence-corrected chi connectivity index (χ3v) is 3.95. The lowest BCUT2D eigenvalue weighted by atomic mass is 10.0. The molecular formula is C19H13NO2. The van der Waals surface area contributed by atoms with Crippen LogP contribution in [0.25, 0.3) is 22.8 Å². The molecular weight excluding hydrogens is 274 g/mol. The topological polar surface area (TPSA) is 53.4 Å². The molecule has 3 heteroatoms. The zero-order valence-electron chi connectivity index (χ0n) is 11.7. The second-order valence-electron chi connectivity index (χ2n) is 5.24. The summed E-state index contributed by atoms with van der Waals surface area (Å²) in [6.45, 7) is 0. The second-order valence-corrected chi connectivity index (χ2v) is 5.24. The first-order valence-corrected chi connectivity index (χ1v) is 7.02. The van der Waals surface area contributed by atoms with E-state index in [1.165, 1.54) is 6.07 Å². The highest BCUT2D eigenvalue weighted by Crippen LogP contribution is 2.51. The summed E-state index contributed by atoms with van der Waals surface area (Å²) in [6.07, 6.45) is 5.47. The number of hydrogen-bond acceptors (Lipinski definition) is 3. The van der Waals surface area contributed by atoms with E-state index in [4.69, 9.17) is 0 Å². The first-order valence-electron chi connectivity index (χ1n) is 7.02. The zero-order chi connectivity index (χ0) is 15.1. The molecule has 3 aromatic rings. The molecule has 1 aromatic heterocycles. The molecule has 1 heterocycles. The predicted molar refractivity (Wildman–Crippen MR) is 86.4 cm³/mol. The van der Waals surface area contributed by atoms with Crippen molar-refractivity contribution in [3.8, 4) is 22.6 Å². The summed E-state index contributed by atoms with van der Waals surface area (Å²) < 4.78 is 0. The Morgan fingerprint density at radius 3 is 2.27 bits per heavy atom. The second kappa shape index (κ2) is 4.74. The number of benzene rings is 2. The van der Waals surface area contributed by atoms with Crippen molar-refractivity contribution in [1.82, 2.24) is 4.98 Å². The summed E-state index contributed by atoms with van der Waals surface area (Å²) in [6, 6.07) is 15.2. The Morgan fingerprint density at radius 1 is 0.773 bits per heavy atom. The quantitative estimate of drug-likeness (QED) is 0.519. The molecule has 2 aromatic carbocycles. The zero-order valence-corrected chi connectivity index (χ0v) is 11.7. The van der Waals surface area contributed by atoms with Gasteiger partial charge in [-0.05, 0) is 58.2 Å². The number of nitrogens with zero attached hydrogens (tertiary/aromatic N) is 1. The van der Waals surface area contributed by atoms with Crippen molar-refractivity contribution >= 4 is 11.6 Å². The molecule has 0 atom stereocenters. The van der Waals surface area contributed by atoms with Gasteiger partial charge >= 0.3 is 0 Å². The molecule has 22 heavy (non-hydrogen) atoms. The Hall–Kier alpha value is -3.07. The van der Waals surface area contributed by atoms with Gasteiger partial charge in [-0.3, -0.25) is 4.98 Å². The highest BCUT2D eigenvalue weighted by Gasteiger charge is 2.27. The van der Waals surface area contributed by atoms with Crippen LogP contribution in [0.2, 0.25) is 0 Å². The number of phenols is 2. The van der Waals surface area contributed by atoms with Crippen LogP contribution in [0.3, 0.4) is 0 Å². The van der Waals surface area contributed by atoms with E-state index in [1.54, 1.807) is 12.4 Å². The number of aromatic hydroxyl groups is 2. The predicted octanol–water partition coefficient (Wildman–Crippen LogP) is 4.06. The minimum absolute atomic E-state index is 0.0750. The Morgan fingerprint density at radius 2 is 1.50 bits per heavy atom. The van der Waals surface area contributed by atoms with Crippen molar-refractivity contribution in [2.45, 2.75) is 0 Å². The van der Waals surface area contributed by atoms with E-state index in [0.717, 1.165) is 27.8 Å². The van der Waals surface area contributed by atoms with Gasteiger partial charge in [-0.15, -0.1) is 0 Å². The van der Waals surface area contributed by atoms with Gasteiger partial charge in [-0.2, -0.15) is 0 Å². The summed E-state index contributed by atoms with van der Waals surface area (Å²) >= 11 is 0. The van der Waals surface area contributed by atoms with E-state index in [1.807, 2.05) is 48.5 Å². The minimum atomic E-state index is -0.104. The van der Waals surface area contributed by atoms with E-state index < -0.39 is 0 Å². The lowest BCUT2D eigenvalue weighted by Crippen LogP contribution is -1.84. The fourth-order valence-corrected chi connectivity index (χ4v) is 2.94. The van der Waals surface area contributed by atoms with Crippen LogP contribution in [-0.2, 0) is 0 Å². The number of aromatic nitrogens is 1. The maximum atomic E-state index is 10.3. The standard InChI is InChI=1S/C19H13NO2/c21-17-6-5-15-13-3-1-2-4-14(13)16(18(15)19(17)22)11-12-7-9-20-10-8-12/h1-11,21-22H. The summed E-state index contributed by atoms with van der Waals surface area (Å²) in [7, 11) is 0. The molecule has 0 saturated carbocycles. The molecule has 106 valence electrons. The molecule has 0 unspecified atom stereocenters. The smallest absolute Gasteiger partial charge is 0.166 e. The number of phenolic OH excluding ortho intramolecular Hbond substituents is 2. The minimum Gasteiger partial charge on any atom is -0.504 e. The van der Waals surface area contributed by atoms with E-state index in [2.05, 4.69) is 4.98 Å². The van der Waals surface area contributed by atoms with Crippen LogP contribution in [0, 0.1) is 0 Å². The average Bonchev–Trinajstić information content (AvgIpc) is 2.87. The molecule has 1 aliphatic rings. The molecule has 0 fully saturated rings. The number of hydrogen-bond donors (Lipinski definition) is 2. The van der Waals surface area contributed by atoms with Gasteiger partial charge in [-0.1, -0.05) is 24.3 Å². The first-order chi connectivity index (χ1) is 10.8. The van der Waals surface area contributed by atoms with Crippen LogP contribution in [-0.4, -0.2) is 15.2 Å². The fourth-order valence-electron chi connectivity index (χ4n) is 2.94. The molecule has 0 saturated heterocycles. The van der Waals surface area contributed by atoms with E-state index in [0.29, 0.717) is 5.56 Å². The van der Waals surface area contributed by atoms with Crippen molar-refractivity contribution in [2.24, 2.45) is 0 Å². The molecule has 2 N–H and O–H groups in total. The van der Waals surface area contributed by atoms with Gasteiger partial charge in [0.25, 0.3) is 0 Å². The van der Waals surface area contributed by atoms with Crippen molar-refractivity contribution in [3.63, 3.8) is 0 Å². The molecule has 4 rings (SSSR count). The maximum absolute atomic E-state index is 10.3. The van der Waals surface area contributed by atoms with Gasteiger partial charge in [-0.25, -0.2) is 0 Å². The Kier molecular flexibility index (Phi) is 2.73. The van der Waals surface area contributed by atoms with Crippen LogP contribution < -0.4 is 0 Å². The average molecular weight is 287 g/mol. The van der Waals surface area contributed by atoms with E-state index in [9.17, 15) is 10.2 Å². The number of pyridine rings is 1. The van der Waals surface area contributed by atoms with Gasteiger partial charge in [0.1, 0.15) is 0 Å². The number of fused-ring (bicyclic) bond motifs is 3. The van der Waals surface area contributed by atoms with Crippen molar-refractivity contribution in [3.05, 3.63) is 77.6 Å². The molecule has 0 aliphatic heterocycles. The molecule has 1 aliphatic carbocycles. The third-order valence-electron chi connectivity index (χ3n) is 3.95. The van der Waals surface area contributed by atoms with Gasteiger partial charge in [0, 0.05) is 18.0 Å². The van der Waals surface area contributed by atoms with E-state index in [-0.39, 0.29) is 11.5 Å². The van der Waals surface area contributed by atoms with Crippen LogP contribution >= 0.6 is 0 Å². The molecule has 0 amide bonds. The van der Waals surface area contributed by atoms with Crippen LogP contribution in [0.4, 0.5) is 0 Å². The first kappa shape index (κ1) is 12.7. The summed E-state index contributed by atoms with van der Waals surface area (Å²) in [5.41, 5.74) is 5.63. The Labute approximate surface area is 127 Å². The monoisotopic (exact) mass is 287 g/mol. The molecule has 0 radical (unpaired) electrons. The Balaban J connectivity index is 2.04. The van der Waals surface area contributed by atoms with Gasteiger partial charge < -0.3 is 10.2 Å². The fraction of sp³-hybridized carbons (Fsp3) is 0. The van der Waals surface area contributed by atoms with Crippen LogP contribution in [0.5, 0.6) is 11.5 Å².